The number of aryl methyl sites for hydroxylation is 1. The molecule has 0 saturated carbocycles. The molecule has 0 aromatic heterocycles. The summed E-state index contributed by atoms with van der Waals surface area (Å²) >= 11 is 0. The van der Waals surface area contributed by atoms with Crippen LogP contribution in [0.15, 0.2) is 24.3 Å². The Kier molecular flexibility index (Phi) is 6.53. The quantitative estimate of drug-likeness (QED) is 0.523. The molecule has 0 aliphatic heterocycles. The Labute approximate surface area is 142 Å². The van der Waals surface area contributed by atoms with Gasteiger partial charge in [0.05, 0.1) is 5.60 Å². The average Bonchev–Trinajstić information content (AvgIpc) is 2.50. The van der Waals surface area contributed by atoms with E-state index in [-0.39, 0.29) is 5.56 Å². The lowest BCUT2D eigenvalue weighted by atomic mass is 9.80. The Balaban J connectivity index is 3.40. The molecule has 1 rings (SSSR count). The molecule has 0 radical (unpaired) electrons. The predicted octanol–water partition coefficient (Wildman–Crippen LogP) is 6.11. The van der Waals surface area contributed by atoms with Crippen LogP contribution in [-0.2, 0) is 16.8 Å². The molecular formula is C17H21F7O. The summed E-state index contributed by atoms with van der Waals surface area (Å²) in [5.74, 6) is 0. The molecule has 1 aromatic rings. The maximum Gasteiger partial charge on any atom is 0.431 e. The van der Waals surface area contributed by atoms with Gasteiger partial charge in [0.1, 0.15) is 0 Å². The van der Waals surface area contributed by atoms with Crippen molar-refractivity contribution < 1.29 is 35.5 Å². The van der Waals surface area contributed by atoms with Crippen LogP contribution in [0.25, 0.3) is 0 Å². The molecule has 1 atom stereocenters. The number of alkyl halides is 7. The first-order chi connectivity index (χ1) is 11.3. The van der Waals surface area contributed by atoms with Crippen molar-refractivity contribution >= 4 is 0 Å². The highest BCUT2D eigenvalue weighted by atomic mass is 19.4. The van der Waals surface area contributed by atoms with E-state index < -0.39 is 30.0 Å². The number of rotatable bonds is 7. The van der Waals surface area contributed by atoms with Gasteiger partial charge in [-0.25, -0.2) is 4.39 Å². The topological polar surface area (TPSA) is 9.23 Å². The zero-order valence-corrected chi connectivity index (χ0v) is 14.2. The third-order valence-corrected chi connectivity index (χ3v) is 4.32. The van der Waals surface area contributed by atoms with Crippen molar-refractivity contribution in [1.29, 1.82) is 0 Å². The van der Waals surface area contributed by atoms with E-state index in [0.717, 1.165) is 20.5 Å². The molecule has 0 amide bonds. The van der Waals surface area contributed by atoms with Crippen LogP contribution in [0.3, 0.4) is 0 Å². The average molecular weight is 374 g/mol. The normalized spacial score (nSPS) is 15.9. The first kappa shape index (κ1) is 21.7. The van der Waals surface area contributed by atoms with Crippen molar-refractivity contribution in [2.24, 2.45) is 0 Å². The van der Waals surface area contributed by atoms with Crippen LogP contribution >= 0.6 is 0 Å². The molecule has 0 bridgehead atoms. The molecule has 144 valence electrons. The number of unbranched alkanes of at least 4 members (excludes halogenated alkanes) is 1. The summed E-state index contributed by atoms with van der Waals surface area (Å²) in [7, 11) is 0.976. The predicted molar refractivity (Wildman–Crippen MR) is 80.0 cm³/mol. The van der Waals surface area contributed by atoms with E-state index in [4.69, 9.17) is 4.74 Å². The van der Waals surface area contributed by atoms with Crippen molar-refractivity contribution in [2.75, 3.05) is 7.11 Å². The first-order valence-corrected chi connectivity index (χ1v) is 7.78. The van der Waals surface area contributed by atoms with Gasteiger partial charge in [-0.05, 0) is 30.9 Å². The summed E-state index contributed by atoms with van der Waals surface area (Å²) in [4.78, 5) is 0. The van der Waals surface area contributed by atoms with Crippen LogP contribution in [0, 0.1) is 0 Å². The summed E-state index contributed by atoms with van der Waals surface area (Å²) in [5, 5.41) is 0. The Morgan fingerprint density at radius 2 is 1.44 bits per heavy atom. The highest BCUT2D eigenvalue weighted by Crippen LogP contribution is 2.52. The molecule has 1 aromatic carbocycles. The van der Waals surface area contributed by atoms with E-state index in [1.165, 1.54) is 12.1 Å². The monoisotopic (exact) mass is 374 g/mol. The maximum absolute atomic E-state index is 14.2. The fourth-order valence-corrected chi connectivity index (χ4v) is 2.72. The van der Waals surface area contributed by atoms with Gasteiger partial charge in [-0.3, -0.25) is 0 Å². The van der Waals surface area contributed by atoms with Gasteiger partial charge in [-0.2, -0.15) is 26.3 Å². The van der Waals surface area contributed by atoms with Gasteiger partial charge in [0, 0.05) is 13.5 Å². The zero-order valence-electron chi connectivity index (χ0n) is 14.2. The summed E-state index contributed by atoms with van der Waals surface area (Å²) in [5.41, 5.74) is -6.80. The second-order valence-electron chi connectivity index (χ2n) is 6.17. The van der Waals surface area contributed by atoms with Crippen molar-refractivity contribution in [3.63, 3.8) is 0 Å². The minimum atomic E-state index is -6.11. The fraction of sp³-hybridized carbons (Fsp3) is 0.647. The Morgan fingerprint density at radius 1 is 0.920 bits per heavy atom. The van der Waals surface area contributed by atoms with E-state index in [1.54, 1.807) is 12.1 Å². The standard InChI is InChI=1S/C17H21F7O/c1-4-5-8-12-9-6-7-10-13(12)14(2,25-3)11-15(18,16(19,20)21)17(22,23)24/h6-7,9-10H,4-5,8,11H2,1-3H3. The lowest BCUT2D eigenvalue weighted by Crippen LogP contribution is -2.56. The Morgan fingerprint density at radius 3 is 1.88 bits per heavy atom. The number of methoxy groups -OCH3 is 1. The lowest BCUT2D eigenvalue weighted by molar-refractivity contribution is -0.353. The minimum Gasteiger partial charge on any atom is -0.374 e. The van der Waals surface area contributed by atoms with Gasteiger partial charge >= 0.3 is 18.0 Å². The molecule has 0 heterocycles. The van der Waals surface area contributed by atoms with Crippen LogP contribution in [0.1, 0.15) is 44.2 Å². The SMILES string of the molecule is CCCCc1ccccc1C(C)(CC(F)(C(F)(F)F)C(F)(F)F)OC. The van der Waals surface area contributed by atoms with Crippen LogP contribution in [-0.4, -0.2) is 25.1 Å². The minimum absolute atomic E-state index is 0.126. The van der Waals surface area contributed by atoms with Crippen LogP contribution < -0.4 is 0 Å². The third kappa shape index (κ3) is 4.46. The van der Waals surface area contributed by atoms with Crippen molar-refractivity contribution in [3.05, 3.63) is 35.4 Å². The van der Waals surface area contributed by atoms with Crippen LogP contribution in [0.5, 0.6) is 0 Å². The first-order valence-electron chi connectivity index (χ1n) is 7.78. The van der Waals surface area contributed by atoms with Gasteiger partial charge in [0.25, 0.3) is 0 Å². The third-order valence-electron chi connectivity index (χ3n) is 4.32. The largest absolute Gasteiger partial charge is 0.431 e. The molecule has 0 aliphatic carbocycles. The molecule has 25 heavy (non-hydrogen) atoms. The molecule has 0 spiro atoms. The van der Waals surface area contributed by atoms with Crippen molar-refractivity contribution in [3.8, 4) is 0 Å². The second kappa shape index (κ2) is 7.51. The summed E-state index contributed by atoms with van der Waals surface area (Å²) in [6.07, 6.45) is -12.2. The van der Waals surface area contributed by atoms with E-state index in [9.17, 15) is 30.7 Å². The molecule has 0 N–H and O–H groups in total. The van der Waals surface area contributed by atoms with Gasteiger partial charge in [0.15, 0.2) is 0 Å². The smallest absolute Gasteiger partial charge is 0.374 e. The Hall–Kier alpha value is -1.31. The molecule has 1 nitrogen and oxygen atoms in total. The summed E-state index contributed by atoms with van der Waals surface area (Å²) in [6.45, 7) is 2.95. The Bertz CT molecular complexity index is 551. The molecule has 0 aliphatic rings. The highest BCUT2D eigenvalue weighted by molar-refractivity contribution is 5.33. The molecule has 8 heteroatoms. The van der Waals surface area contributed by atoms with E-state index in [1.807, 2.05) is 6.92 Å². The van der Waals surface area contributed by atoms with E-state index in [2.05, 4.69) is 0 Å². The molecule has 1 unspecified atom stereocenters. The van der Waals surface area contributed by atoms with E-state index in [0.29, 0.717) is 18.4 Å². The van der Waals surface area contributed by atoms with Crippen molar-refractivity contribution in [2.45, 2.75) is 63.2 Å². The zero-order chi connectivity index (χ0) is 19.5. The number of halogens is 7. The summed E-state index contributed by atoms with van der Waals surface area (Å²) < 4.78 is 96.8. The summed E-state index contributed by atoms with van der Waals surface area (Å²) in [6, 6.07) is 6.08. The van der Waals surface area contributed by atoms with Crippen molar-refractivity contribution in [1.82, 2.24) is 0 Å². The highest BCUT2D eigenvalue weighted by Gasteiger charge is 2.74. The maximum atomic E-state index is 14.2. The fourth-order valence-electron chi connectivity index (χ4n) is 2.72. The number of hydrogen-bond donors (Lipinski definition) is 0. The number of ether oxygens (including phenoxy) is 1. The second-order valence-corrected chi connectivity index (χ2v) is 6.17. The number of benzene rings is 1. The van der Waals surface area contributed by atoms with Gasteiger partial charge in [-0.1, -0.05) is 37.6 Å². The number of hydrogen-bond acceptors (Lipinski definition) is 1. The molecule has 0 saturated heterocycles. The molecular weight excluding hydrogens is 353 g/mol. The molecule has 0 fully saturated rings. The lowest BCUT2D eigenvalue weighted by Gasteiger charge is -2.39. The van der Waals surface area contributed by atoms with Gasteiger partial charge in [-0.15, -0.1) is 0 Å². The van der Waals surface area contributed by atoms with Crippen LogP contribution in [0.2, 0.25) is 0 Å². The van der Waals surface area contributed by atoms with Gasteiger partial charge < -0.3 is 4.74 Å². The van der Waals surface area contributed by atoms with E-state index >= 15 is 0 Å². The van der Waals surface area contributed by atoms with Gasteiger partial charge in [0.2, 0.25) is 0 Å². The van der Waals surface area contributed by atoms with Crippen LogP contribution in [0.4, 0.5) is 30.7 Å².